The lowest BCUT2D eigenvalue weighted by molar-refractivity contribution is -0.385. The molecule has 9 heteroatoms. The number of carbonyl (C=O) groups is 1. The van der Waals surface area contributed by atoms with Crippen molar-refractivity contribution in [2.75, 3.05) is 25.6 Å². The molecular weight excluding hydrogens is 371 g/mol. The van der Waals surface area contributed by atoms with Crippen LogP contribution >= 0.6 is 23.2 Å². The molecule has 0 heterocycles. The number of nitro benzene ring substituents is 1. The summed E-state index contributed by atoms with van der Waals surface area (Å²) in [7, 11) is 1.49. The lowest BCUT2D eigenvalue weighted by Gasteiger charge is -2.09. The third-order valence-corrected chi connectivity index (χ3v) is 3.88. The maximum absolute atomic E-state index is 12.3. The van der Waals surface area contributed by atoms with Gasteiger partial charge >= 0.3 is 5.69 Å². The first-order valence-electron chi connectivity index (χ1n) is 7.09. The second-order valence-electron chi connectivity index (χ2n) is 4.86. The fourth-order valence-electron chi connectivity index (χ4n) is 1.94. The van der Waals surface area contributed by atoms with E-state index >= 15 is 0 Å². The summed E-state index contributed by atoms with van der Waals surface area (Å²) < 4.78 is 10.1. The van der Waals surface area contributed by atoms with E-state index in [1.807, 2.05) is 0 Å². The van der Waals surface area contributed by atoms with E-state index in [1.165, 1.54) is 31.4 Å². The highest BCUT2D eigenvalue weighted by Crippen LogP contribution is 2.29. The predicted octanol–water partition coefficient (Wildman–Crippen LogP) is 4.18. The highest BCUT2D eigenvalue weighted by molar-refractivity contribution is 6.42. The summed E-state index contributed by atoms with van der Waals surface area (Å²) in [6.07, 6.45) is 0. The zero-order chi connectivity index (χ0) is 18.4. The molecule has 0 aliphatic carbocycles. The summed E-state index contributed by atoms with van der Waals surface area (Å²) in [6, 6.07) is 8.55. The number of rotatable bonds is 7. The normalized spacial score (nSPS) is 10.4. The van der Waals surface area contributed by atoms with Gasteiger partial charge in [-0.15, -0.1) is 0 Å². The van der Waals surface area contributed by atoms with Gasteiger partial charge in [0.1, 0.15) is 6.61 Å². The largest absolute Gasteiger partial charge is 0.484 e. The van der Waals surface area contributed by atoms with Crippen molar-refractivity contribution >= 4 is 40.5 Å². The zero-order valence-corrected chi connectivity index (χ0v) is 14.6. The van der Waals surface area contributed by atoms with Crippen LogP contribution in [0.25, 0.3) is 0 Å². The fourth-order valence-corrected chi connectivity index (χ4v) is 2.23. The Balaban J connectivity index is 2.20. The molecule has 0 fully saturated rings. The topological polar surface area (TPSA) is 90.7 Å². The number of nitro groups is 1. The Labute approximate surface area is 153 Å². The average Bonchev–Trinajstić information content (AvgIpc) is 2.58. The molecule has 0 radical (unpaired) electrons. The van der Waals surface area contributed by atoms with Gasteiger partial charge in [0.05, 0.1) is 21.6 Å². The smallest absolute Gasteiger partial charge is 0.311 e. The summed E-state index contributed by atoms with van der Waals surface area (Å²) in [4.78, 5) is 22.9. The molecule has 0 bridgehead atoms. The predicted molar refractivity (Wildman–Crippen MR) is 94.9 cm³/mol. The van der Waals surface area contributed by atoms with Crippen LogP contribution in [0.3, 0.4) is 0 Å². The molecule has 25 heavy (non-hydrogen) atoms. The monoisotopic (exact) mass is 384 g/mol. The van der Waals surface area contributed by atoms with Gasteiger partial charge in [-0.3, -0.25) is 14.9 Å². The quantitative estimate of drug-likeness (QED) is 0.439. The van der Waals surface area contributed by atoms with Crippen molar-refractivity contribution in [1.82, 2.24) is 0 Å². The van der Waals surface area contributed by atoms with E-state index < -0.39 is 10.8 Å². The molecular formula is C16H14Cl2N2O5. The molecule has 2 aromatic rings. The standard InChI is InChI=1S/C16H14Cl2N2O5/c1-24-6-7-25-15-5-2-10(8-14(15)20(22)23)16(21)19-11-3-4-12(17)13(18)9-11/h2-5,8-9H,6-7H2,1H3,(H,19,21). The molecule has 1 amide bonds. The second-order valence-corrected chi connectivity index (χ2v) is 5.68. The van der Waals surface area contributed by atoms with Crippen LogP contribution in [0.1, 0.15) is 10.4 Å². The van der Waals surface area contributed by atoms with Gasteiger partial charge in [0, 0.05) is 24.4 Å². The molecule has 2 rings (SSSR count). The average molecular weight is 385 g/mol. The van der Waals surface area contributed by atoms with Gasteiger partial charge in [0.25, 0.3) is 5.91 Å². The van der Waals surface area contributed by atoms with Crippen molar-refractivity contribution < 1.29 is 19.2 Å². The third kappa shape index (κ3) is 5.06. The van der Waals surface area contributed by atoms with Crippen molar-refractivity contribution in [3.63, 3.8) is 0 Å². The van der Waals surface area contributed by atoms with E-state index in [9.17, 15) is 14.9 Å². The van der Waals surface area contributed by atoms with Crippen LogP contribution in [0.4, 0.5) is 11.4 Å². The number of methoxy groups -OCH3 is 1. The number of hydrogen-bond donors (Lipinski definition) is 1. The molecule has 0 atom stereocenters. The van der Waals surface area contributed by atoms with Gasteiger partial charge in [-0.05, 0) is 30.3 Å². The van der Waals surface area contributed by atoms with Crippen LogP contribution in [0, 0.1) is 10.1 Å². The van der Waals surface area contributed by atoms with Gasteiger partial charge in [-0.1, -0.05) is 23.2 Å². The molecule has 0 aliphatic heterocycles. The van der Waals surface area contributed by atoms with Crippen molar-refractivity contribution in [2.45, 2.75) is 0 Å². The fraction of sp³-hybridized carbons (Fsp3) is 0.188. The number of amides is 1. The first-order chi connectivity index (χ1) is 11.9. The summed E-state index contributed by atoms with van der Waals surface area (Å²) in [5.74, 6) is -0.460. The molecule has 1 N–H and O–H groups in total. The van der Waals surface area contributed by atoms with E-state index in [2.05, 4.69) is 5.32 Å². The van der Waals surface area contributed by atoms with Gasteiger partial charge in [0.2, 0.25) is 0 Å². The molecule has 0 unspecified atom stereocenters. The highest BCUT2D eigenvalue weighted by atomic mass is 35.5. The summed E-state index contributed by atoms with van der Waals surface area (Å²) >= 11 is 11.7. The minimum atomic E-state index is -0.613. The number of halogens is 2. The summed E-state index contributed by atoms with van der Waals surface area (Å²) in [5.41, 5.74) is 0.220. The van der Waals surface area contributed by atoms with Crippen molar-refractivity contribution in [3.05, 3.63) is 62.1 Å². The number of benzene rings is 2. The molecule has 0 saturated heterocycles. The van der Waals surface area contributed by atoms with E-state index in [0.717, 1.165) is 6.07 Å². The minimum absolute atomic E-state index is 0.0631. The maximum Gasteiger partial charge on any atom is 0.311 e. The summed E-state index contributed by atoms with van der Waals surface area (Å²) in [6.45, 7) is 0.447. The Bertz CT molecular complexity index is 798. The molecule has 0 spiro atoms. The Kier molecular flexibility index (Phi) is 6.58. The van der Waals surface area contributed by atoms with Crippen molar-refractivity contribution in [3.8, 4) is 5.75 Å². The maximum atomic E-state index is 12.3. The van der Waals surface area contributed by atoms with E-state index in [1.54, 1.807) is 6.07 Å². The minimum Gasteiger partial charge on any atom is -0.484 e. The Morgan fingerprint density at radius 3 is 2.56 bits per heavy atom. The van der Waals surface area contributed by atoms with Crippen LogP contribution < -0.4 is 10.1 Å². The first-order valence-corrected chi connectivity index (χ1v) is 7.84. The molecule has 0 aliphatic rings. The van der Waals surface area contributed by atoms with Crippen LogP contribution in [-0.2, 0) is 4.74 Å². The van der Waals surface area contributed by atoms with Crippen LogP contribution in [0.2, 0.25) is 10.0 Å². The molecule has 132 valence electrons. The lowest BCUT2D eigenvalue weighted by atomic mass is 10.1. The molecule has 0 aromatic heterocycles. The SMILES string of the molecule is COCCOc1ccc(C(=O)Nc2ccc(Cl)c(Cl)c2)cc1[N+](=O)[O-]. The lowest BCUT2D eigenvalue weighted by Crippen LogP contribution is -2.13. The van der Waals surface area contributed by atoms with E-state index in [4.69, 9.17) is 32.7 Å². The summed E-state index contributed by atoms with van der Waals surface area (Å²) in [5, 5.41) is 14.4. The van der Waals surface area contributed by atoms with Crippen molar-refractivity contribution in [2.24, 2.45) is 0 Å². The van der Waals surface area contributed by atoms with Gasteiger partial charge in [-0.25, -0.2) is 0 Å². The number of ether oxygens (including phenoxy) is 2. The van der Waals surface area contributed by atoms with E-state index in [0.29, 0.717) is 10.7 Å². The Morgan fingerprint density at radius 1 is 1.16 bits per heavy atom. The van der Waals surface area contributed by atoms with Crippen LogP contribution in [-0.4, -0.2) is 31.2 Å². The number of carbonyl (C=O) groups excluding carboxylic acids is 1. The highest BCUT2D eigenvalue weighted by Gasteiger charge is 2.19. The number of nitrogens with one attached hydrogen (secondary N) is 1. The van der Waals surface area contributed by atoms with Crippen LogP contribution in [0.15, 0.2) is 36.4 Å². The number of anilines is 1. The van der Waals surface area contributed by atoms with Gasteiger partial charge < -0.3 is 14.8 Å². The Morgan fingerprint density at radius 2 is 1.92 bits per heavy atom. The first kappa shape index (κ1) is 19.0. The van der Waals surface area contributed by atoms with Gasteiger partial charge in [-0.2, -0.15) is 0 Å². The third-order valence-electron chi connectivity index (χ3n) is 3.14. The molecule has 0 saturated carbocycles. The van der Waals surface area contributed by atoms with Crippen LogP contribution in [0.5, 0.6) is 5.75 Å². The van der Waals surface area contributed by atoms with E-state index in [-0.39, 0.29) is 35.2 Å². The Hall–Kier alpha value is -2.35. The number of hydrogen-bond acceptors (Lipinski definition) is 5. The zero-order valence-electron chi connectivity index (χ0n) is 13.1. The molecule has 2 aromatic carbocycles. The van der Waals surface area contributed by atoms with Crippen molar-refractivity contribution in [1.29, 1.82) is 0 Å². The molecule has 7 nitrogen and oxygen atoms in total. The number of nitrogens with zero attached hydrogens (tertiary/aromatic N) is 1. The second kappa shape index (κ2) is 8.66. The van der Waals surface area contributed by atoms with Gasteiger partial charge in [0.15, 0.2) is 5.75 Å².